The van der Waals surface area contributed by atoms with Crippen molar-refractivity contribution in [3.8, 4) is 0 Å². The van der Waals surface area contributed by atoms with Gasteiger partial charge in [0.1, 0.15) is 0 Å². The molecule has 0 bridgehead atoms. The maximum atomic E-state index is 12.9. The van der Waals surface area contributed by atoms with Crippen LogP contribution in [-0.2, 0) is 16.4 Å². The molecule has 1 unspecified atom stereocenters. The summed E-state index contributed by atoms with van der Waals surface area (Å²) in [6, 6.07) is 5.78. The lowest BCUT2D eigenvalue weighted by Crippen LogP contribution is -2.46. The monoisotopic (exact) mass is 376 g/mol. The van der Waals surface area contributed by atoms with E-state index in [4.69, 9.17) is 0 Å². The highest BCUT2D eigenvalue weighted by Gasteiger charge is 2.40. The Morgan fingerprint density at radius 2 is 2.04 bits per heavy atom. The van der Waals surface area contributed by atoms with Gasteiger partial charge in [-0.1, -0.05) is 24.6 Å². The maximum absolute atomic E-state index is 12.9. The number of nitrogens with one attached hydrogen (secondary N) is 2. The second-order valence-electron chi connectivity index (χ2n) is 6.99. The molecule has 1 aliphatic heterocycles. The van der Waals surface area contributed by atoms with E-state index in [0.717, 1.165) is 44.7 Å². The molecule has 1 aromatic carbocycles. The summed E-state index contributed by atoms with van der Waals surface area (Å²) in [7, 11) is 0. The minimum atomic E-state index is -4.33. The Balaban J connectivity index is 0.00000225. The summed E-state index contributed by atoms with van der Waals surface area (Å²) in [4.78, 5) is 12.1. The Kier molecular flexibility index (Phi) is 6.38. The molecule has 25 heavy (non-hydrogen) atoms. The normalized spacial score (nSPS) is 22.0. The van der Waals surface area contributed by atoms with Crippen LogP contribution in [0.1, 0.15) is 49.7 Å². The van der Waals surface area contributed by atoms with Crippen molar-refractivity contribution in [2.45, 2.75) is 56.2 Å². The Labute approximate surface area is 152 Å². The van der Waals surface area contributed by atoms with Gasteiger partial charge in [-0.3, -0.25) is 4.79 Å². The van der Waals surface area contributed by atoms with Crippen LogP contribution in [0.25, 0.3) is 0 Å². The van der Waals surface area contributed by atoms with Crippen LogP contribution in [0.3, 0.4) is 0 Å². The fraction of sp³-hybridized carbons (Fsp3) is 0.611. The molecule has 1 saturated heterocycles. The fourth-order valence-corrected chi connectivity index (χ4v) is 3.69. The van der Waals surface area contributed by atoms with E-state index in [9.17, 15) is 18.0 Å². The molecule has 1 amide bonds. The molecular formula is C18H24ClF3N2O. The minimum Gasteiger partial charge on any atom is -0.355 e. The van der Waals surface area contributed by atoms with E-state index in [1.54, 1.807) is 6.07 Å². The summed E-state index contributed by atoms with van der Waals surface area (Å²) in [6.07, 6.45) is 0.818. The molecule has 1 atom stereocenters. The first-order valence-corrected chi connectivity index (χ1v) is 8.57. The van der Waals surface area contributed by atoms with Crippen molar-refractivity contribution in [3.63, 3.8) is 0 Å². The smallest absolute Gasteiger partial charge is 0.355 e. The predicted octanol–water partition coefficient (Wildman–Crippen LogP) is 3.81. The van der Waals surface area contributed by atoms with Crippen molar-refractivity contribution in [2.24, 2.45) is 0 Å². The lowest BCUT2D eigenvalue weighted by molar-refractivity contribution is -0.137. The molecule has 0 radical (unpaired) electrons. The molecule has 7 heteroatoms. The standard InChI is InChI=1S/C18H23F3N2O.ClH/c19-18(20,21)14-5-1-4-13(10-14)17(7-3-8-17)12-23-16(24)11-15-6-2-9-22-15;/h1,4-5,10,15,22H,2-3,6-9,11-12H2,(H,23,24);1H. The first-order valence-electron chi connectivity index (χ1n) is 8.57. The molecular weight excluding hydrogens is 353 g/mol. The third kappa shape index (κ3) is 4.67. The minimum absolute atomic E-state index is 0. The quantitative estimate of drug-likeness (QED) is 0.820. The molecule has 0 aromatic heterocycles. The van der Waals surface area contributed by atoms with Gasteiger partial charge in [-0.15, -0.1) is 12.4 Å². The van der Waals surface area contributed by atoms with Crippen LogP contribution in [0, 0.1) is 0 Å². The zero-order valence-corrected chi connectivity index (χ0v) is 14.8. The highest BCUT2D eigenvalue weighted by molar-refractivity contribution is 5.85. The van der Waals surface area contributed by atoms with Crippen LogP contribution < -0.4 is 10.6 Å². The number of carbonyl (C=O) groups is 1. The molecule has 1 saturated carbocycles. The SMILES string of the molecule is Cl.O=C(CC1CCCN1)NCC1(c2cccc(C(F)(F)F)c2)CCC1. The van der Waals surface area contributed by atoms with Gasteiger partial charge in [0.15, 0.2) is 0 Å². The Morgan fingerprint density at radius 3 is 2.60 bits per heavy atom. The van der Waals surface area contributed by atoms with E-state index in [1.165, 1.54) is 12.1 Å². The molecule has 3 nitrogen and oxygen atoms in total. The van der Waals surface area contributed by atoms with Crippen molar-refractivity contribution in [1.29, 1.82) is 0 Å². The summed E-state index contributed by atoms with van der Waals surface area (Å²) < 4.78 is 38.8. The first-order chi connectivity index (χ1) is 11.4. The molecule has 1 aromatic rings. The van der Waals surface area contributed by atoms with Gasteiger partial charge in [0.2, 0.25) is 5.91 Å². The molecule has 3 rings (SSSR count). The van der Waals surface area contributed by atoms with Gasteiger partial charge in [-0.2, -0.15) is 13.2 Å². The lowest BCUT2D eigenvalue weighted by atomic mass is 9.64. The number of alkyl halides is 3. The number of amides is 1. The van der Waals surface area contributed by atoms with Crippen molar-refractivity contribution in [3.05, 3.63) is 35.4 Å². The Hall–Kier alpha value is -1.27. The number of halogens is 4. The van der Waals surface area contributed by atoms with E-state index < -0.39 is 11.7 Å². The van der Waals surface area contributed by atoms with Gasteiger partial charge in [-0.25, -0.2) is 0 Å². The van der Waals surface area contributed by atoms with E-state index in [-0.39, 0.29) is 29.8 Å². The van der Waals surface area contributed by atoms with Gasteiger partial charge < -0.3 is 10.6 Å². The summed E-state index contributed by atoms with van der Waals surface area (Å²) >= 11 is 0. The van der Waals surface area contributed by atoms with Gasteiger partial charge >= 0.3 is 6.18 Å². The summed E-state index contributed by atoms with van der Waals surface area (Å²) in [6.45, 7) is 1.37. The molecule has 0 spiro atoms. The Morgan fingerprint density at radius 1 is 1.28 bits per heavy atom. The van der Waals surface area contributed by atoms with Crippen LogP contribution in [0.4, 0.5) is 13.2 Å². The van der Waals surface area contributed by atoms with Crippen molar-refractivity contribution >= 4 is 18.3 Å². The molecule has 1 aliphatic carbocycles. The van der Waals surface area contributed by atoms with Crippen molar-refractivity contribution in [1.82, 2.24) is 10.6 Å². The second-order valence-corrected chi connectivity index (χ2v) is 6.99. The highest BCUT2D eigenvalue weighted by atomic mass is 35.5. The zero-order chi connectivity index (χ0) is 17.2. The molecule has 140 valence electrons. The predicted molar refractivity (Wildman–Crippen MR) is 92.9 cm³/mol. The molecule has 2 fully saturated rings. The van der Waals surface area contributed by atoms with Crippen LogP contribution in [-0.4, -0.2) is 25.0 Å². The van der Waals surface area contributed by atoms with Crippen molar-refractivity contribution < 1.29 is 18.0 Å². The number of rotatable bonds is 5. The van der Waals surface area contributed by atoms with E-state index in [1.807, 2.05) is 0 Å². The first kappa shape index (κ1) is 20.0. The van der Waals surface area contributed by atoms with Gasteiger partial charge in [0, 0.05) is 24.4 Å². The average molecular weight is 377 g/mol. The van der Waals surface area contributed by atoms with Crippen LogP contribution >= 0.6 is 12.4 Å². The summed E-state index contributed by atoms with van der Waals surface area (Å²) in [5, 5.41) is 6.23. The van der Waals surface area contributed by atoms with Crippen LogP contribution in [0.15, 0.2) is 24.3 Å². The zero-order valence-electron chi connectivity index (χ0n) is 14.0. The Bertz CT molecular complexity index is 596. The number of benzene rings is 1. The number of hydrogen-bond acceptors (Lipinski definition) is 2. The topological polar surface area (TPSA) is 41.1 Å². The fourth-order valence-electron chi connectivity index (χ4n) is 3.69. The van der Waals surface area contributed by atoms with Gasteiger partial charge in [0.25, 0.3) is 0 Å². The highest BCUT2D eigenvalue weighted by Crippen LogP contribution is 2.44. The summed E-state index contributed by atoms with van der Waals surface area (Å²) in [5.74, 6) is -0.0207. The third-order valence-electron chi connectivity index (χ3n) is 5.33. The largest absolute Gasteiger partial charge is 0.416 e. The lowest BCUT2D eigenvalue weighted by Gasteiger charge is -2.43. The second kappa shape index (κ2) is 7.96. The van der Waals surface area contributed by atoms with E-state index in [2.05, 4.69) is 10.6 Å². The van der Waals surface area contributed by atoms with Crippen molar-refractivity contribution in [2.75, 3.05) is 13.1 Å². The average Bonchev–Trinajstić information content (AvgIpc) is 2.98. The molecule has 2 N–H and O–H groups in total. The van der Waals surface area contributed by atoms with Gasteiger partial charge in [-0.05, 0) is 43.9 Å². The van der Waals surface area contributed by atoms with E-state index >= 15 is 0 Å². The summed E-state index contributed by atoms with van der Waals surface area (Å²) in [5.41, 5.74) is -0.282. The van der Waals surface area contributed by atoms with Gasteiger partial charge in [0.05, 0.1) is 5.56 Å². The molecule has 2 aliphatic rings. The molecule has 1 heterocycles. The van der Waals surface area contributed by atoms with E-state index in [0.29, 0.717) is 18.5 Å². The maximum Gasteiger partial charge on any atom is 0.416 e. The van der Waals surface area contributed by atoms with Crippen LogP contribution in [0.5, 0.6) is 0 Å². The number of carbonyl (C=O) groups excluding carboxylic acids is 1. The third-order valence-corrected chi connectivity index (χ3v) is 5.33. The number of hydrogen-bond donors (Lipinski definition) is 2. The van der Waals surface area contributed by atoms with Crippen LogP contribution in [0.2, 0.25) is 0 Å².